The lowest BCUT2D eigenvalue weighted by atomic mass is 9.96. The van der Waals surface area contributed by atoms with Crippen molar-refractivity contribution in [3.05, 3.63) is 35.3 Å². The summed E-state index contributed by atoms with van der Waals surface area (Å²) in [6.07, 6.45) is 2.28. The maximum Gasteiger partial charge on any atom is 0.273 e. The number of hydrogen-bond acceptors (Lipinski definition) is 5. The summed E-state index contributed by atoms with van der Waals surface area (Å²) in [5.41, 5.74) is 1.57. The highest BCUT2D eigenvalue weighted by Crippen LogP contribution is 2.27. The van der Waals surface area contributed by atoms with Gasteiger partial charge in [-0.3, -0.25) is 4.79 Å². The Bertz CT molecular complexity index is 734. The molecule has 0 radical (unpaired) electrons. The van der Waals surface area contributed by atoms with Gasteiger partial charge in [0, 0.05) is 24.0 Å². The Kier molecular flexibility index (Phi) is 6.85. The summed E-state index contributed by atoms with van der Waals surface area (Å²) < 4.78 is 5.68. The van der Waals surface area contributed by atoms with Crippen LogP contribution in [0.5, 0.6) is 5.75 Å². The fourth-order valence-electron chi connectivity index (χ4n) is 3.30. The largest absolute Gasteiger partial charge is 0.491 e. The van der Waals surface area contributed by atoms with Crippen molar-refractivity contribution in [3.63, 3.8) is 0 Å². The van der Waals surface area contributed by atoms with Crippen LogP contribution in [0.1, 0.15) is 44.1 Å². The van der Waals surface area contributed by atoms with Crippen molar-refractivity contribution < 1.29 is 9.53 Å². The second-order valence-electron chi connectivity index (χ2n) is 7.27. The van der Waals surface area contributed by atoms with Gasteiger partial charge in [0.05, 0.1) is 6.10 Å². The Morgan fingerprint density at radius 2 is 2.00 bits per heavy atom. The van der Waals surface area contributed by atoms with E-state index in [-0.39, 0.29) is 12.0 Å². The van der Waals surface area contributed by atoms with Crippen molar-refractivity contribution in [2.24, 2.45) is 5.92 Å². The lowest BCUT2D eigenvalue weighted by molar-refractivity contribution is 0.0685. The first-order valence-corrected chi connectivity index (χ1v) is 10.7. The van der Waals surface area contributed by atoms with Gasteiger partial charge < -0.3 is 15.0 Å². The maximum absolute atomic E-state index is 12.8. The van der Waals surface area contributed by atoms with E-state index in [2.05, 4.69) is 17.2 Å². The predicted molar refractivity (Wildman–Crippen MR) is 110 cm³/mol. The normalized spacial score (nSPS) is 15.3. The molecule has 2 heterocycles. The molecule has 2 aromatic rings. The molecule has 0 unspecified atom stereocenters. The SMILES string of the molecule is CCNCC1CCN(C(=O)c2csc(-c3ccc(OC(C)C)cc3)n2)CC1. The number of nitrogens with zero attached hydrogens (tertiary/aromatic N) is 2. The van der Waals surface area contributed by atoms with E-state index in [1.54, 1.807) is 0 Å². The molecule has 146 valence electrons. The average molecular weight is 388 g/mol. The van der Waals surface area contributed by atoms with E-state index in [1.165, 1.54) is 11.3 Å². The standard InChI is InChI=1S/C21H29N3O2S/c1-4-22-13-16-9-11-24(12-10-16)21(25)19-14-27-20(23-19)17-5-7-18(8-6-17)26-15(2)3/h5-8,14-16,22H,4,9-13H2,1-3H3. The molecule has 1 amide bonds. The van der Waals surface area contributed by atoms with Crippen LogP contribution in [-0.4, -0.2) is 48.1 Å². The molecule has 0 saturated carbocycles. The maximum atomic E-state index is 12.8. The fourth-order valence-corrected chi connectivity index (χ4v) is 4.10. The highest BCUT2D eigenvalue weighted by molar-refractivity contribution is 7.13. The number of benzene rings is 1. The van der Waals surface area contributed by atoms with Crippen molar-refractivity contribution in [1.82, 2.24) is 15.2 Å². The zero-order valence-electron chi connectivity index (χ0n) is 16.4. The van der Waals surface area contributed by atoms with Crippen LogP contribution in [0, 0.1) is 5.92 Å². The van der Waals surface area contributed by atoms with Gasteiger partial charge in [-0.2, -0.15) is 0 Å². The number of carbonyl (C=O) groups is 1. The van der Waals surface area contributed by atoms with Crippen molar-refractivity contribution in [1.29, 1.82) is 0 Å². The average Bonchev–Trinajstić information content (AvgIpc) is 3.16. The molecule has 27 heavy (non-hydrogen) atoms. The Morgan fingerprint density at radius 3 is 2.63 bits per heavy atom. The van der Waals surface area contributed by atoms with Crippen LogP contribution < -0.4 is 10.1 Å². The molecule has 0 bridgehead atoms. The zero-order chi connectivity index (χ0) is 19.2. The van der Waals surface area contributed by atoms with Crippen molar-refractivity contribution in [2.45, 2.75) is 39.7 Å². The summed E-state index contributed by atoms with van der Waals surface area (Å²) in [6.45, 7) is 9.85. The van der Waals surface area contributed by atoms with Gasteiger partial charge in [-0.1, -0.05) is 6.92 Å². The highest BCUT2D eigenvalue weighted by Gasteiger charge is 2.25. The summed E-state index contributed by atoms with van der Waals surface area (Å²) in [5.74, 6) is 1.58. The van der Waals surface area contributed by atoms with Crippen LogP contribution in [0.2, 0.25) is 0 Å². The number of nitrogens with one attached hydrogen (secondary N) is 1. The molecule has 6 heteroatoms. The second-order valence-corrected chi connectivity index (χ2v) is 8.13. The molecule has 0 atom stereocenters. The number of hydrogen-bond donors (Lipinski definition) is 1. The number of aromatic nitrogens is 1. The Hall–Kier alpha value is -1.92. The molecule has 1 N–H and O–H groups in total. The molecule has 3 rings (SSSR count). The van der Waals surface area contributed by atoms with Crippen LogP contribution in [0.4, 0.5) is 0 Å². The van der Waals surface area contributed by atoms with Gasteiger partial charge >= 0.3 is 0 Å². The van der Waals surface area contributed by atoms with Gasteiger partial charge in [0.2, 0.25) is 0 Å². The number of likely N-dealkylation sites (tertiary alicyclic amines) is 1. The highest BCUT2D eigenvalue weighted by atomic mass is 32.1. The molecule has 1 aromatic heterocycles. The molecule has 1 aliphatic rings. The molecule has 1 aliphatic heterocycles. The van der Waals surface area contributed by atoms with E-state index in [4.69, 9.17) is 4.74 Å². The first-order chi connectivity index (χ1) is 13.1. The molecule has 0 spiro atoms. The lowest BCUT2D eigenvalue weighted by Crippen LogP contribution is -2.40. The number of ether oxygens (including phenoxy) is 1. The third-order valence-corrected chi connectivity index (χ3v) is 5.67. The quantitative estimate of drug-likeness (QED) is 0.778. The topological polar surface area (TPSA) is 54.5 Å². The summed E-state index contributed by atoms with van der Waals surface area (Å²) >= 11 is 1.52. The monoisotopic (exact) mass is 387 g/mol. The Balaban J connectivity index is 1.59. The molecule has 0 aliphatic carbocycles. The van der Waals surface area contributed by atoms with Crippen LogP contribution in [0.15, 0.2) is 29.6 Å². The Labute approximate surface area is 165 Å². The van der Waals surface area contributed by atoms with Crippen LogP contribution in [0.25, 0.3) is 10.6 Å². The summed E-state index contributed by atoms with van der Waals surface area (Å²) in [6, 6.07) is 7.90. The van der Waals surface area contributed by atoms with Gasteiger partial charge in [0.15, 0.2) is 0 Å². The number of carbonyl (C=O) groups excluding carboxylic acids is 1. The predicted octanol–water partition coefficient (Wildman–Crippen LogP) is 4.06. The number of piperidine rings is 1. The molecular weight excluding hydrogens is 358 g/mol. The third-order valence-electron chi connectivity index (χ3n) is 4.78. The summed E-state index contributed by atoms with van der Waals surface area (Å²) in [5, 5.41) is 6.15. The smallest absolute Gasteiger partial charge is 0.273 e. The third kappa shape index (κ3) is 5.30. The molecule has 5 nitrogen and oxygen atoms in total. The van der Waals surface area contributed by atoms with Crippen molar-refractivity contribution in [3.8, 4) is 16.3 Å². The van der Waals surface area contributed by atoms with Gasteiger partial charge in [-0.15, -0.1) is 11.3 Å². The van der Waals surface area contributed by atoms with Crippen LogP contribution in [-0.2, 0) is 0 Å². The van der Waals surface area contributed by atoms with Crippen molar-refractivity contribution >= 4 is 17.2 Å². The first kappa shape index (κ1) is 19.8. The number of amides is 1. The number of rotatable bonds is 7. The Morgan fingerprint density at radius 1 is 1.30 bits per heavy atom. The molecule has 1 fully saturated rings. The van der Waals surface area contributed by atoms with E-state index in [9.17, 15) is 4.79 Å². The van der Waals surface area contributed by atoms with Crippen LogP contribution >= 0.6 is 11.3 Å². The van der Waals surface area contributed by atoms with E-state index in [0.29, 0.717) is 11.6 Å². The van der Waals surface area contributed by atoms with Gasteiger partial charge in [-0.25, -0.2) is 4.98 Å². The van der Waals surface area contributed by atoms with Gasteiger partial charge in [-0.05, 0) is 70.0 Å². The van der Waals surface area contributed by atoms with E-state index < -0.39 is 0 Å². The summed E-state index contributed by atoms with van der Waals surface area (Å²) in [7, 11) is 0. The fraction of sp³-hybridized carbons (Fsp3) is 0.524. The molecular formula is C21H29N3O2S. The van der Waals surface area contributed by atoms with Crippen LogP contribution in [0.3, 0.4) is 0 Å². The first-order valence-electron chi connectivity index (χ1n) is 9.79. The van der Waals surface area contributed by atoms with Gasteiger partial charge in [0.25, 0.3) is 5.91 Å². The van der Waals surface area contributed by atoms with Gasteiger partial charge in [0.1, 0.15) is 16.5 Å². The minimum absolute atomic E-state index is 0.0548. The minimum atomic E-state index is 0.0548. The van der Waals surface area contributed by atoms with E-state index >= 15 is 0 Å². The number of thiazole rings is 1. The van der Waals surface area contributed by atoms with Crippen molar-refractivity contribution in [2.75, 3.05) is 26.2 Å². The van der Waals surface area contributed by atoms with E-state index in [1.807, 2.05) is 48.4 Å². The zero-order valence-corrected chi connectivity index (χ0v) is 17.2. The lowest BCUT2D eigenvalue weighted by Gasteiger charge is -2.31. The summed E-state index contributed by atoms with van der Waals surface area (Å²) in [4.78, 5) is 19.3. The molecule has 1 aromatic carbocycles. The minimum Gasteiger partial charge on any atom is -0.491 e. The second kappa shape index (κ2) is 9.33. The van der Waals surface area contributed by atoms with E-state index in [0.717, 1.165) is 55.3 Å². The molecule has 1 saturated heterocycles.